The first-order valence-corrected chi connectivity index (χ1v) is 6.33. The monoisotopic (exact) mass is 252 g/mol. The van der Waals surface area contributed by atoms with Crippen LogP contribution in [0.5, 0.6) is 0 Å². The van der Waals surface area contributed by atoms with E-state index in [4.69, 9.17) is 11.6 Å². The number of rotatable bonds is 4. The first kappa shape index (κ1) is 12.4. The lowest BCUT2D eigenvalue weighted by Crippen LogP contribution is -2.51. The first-order chi connectivity index (χ1) is 8.22. The molecular formula is C13H17ClN2O. The van der Waals surface area contributed by atoms with Crippen LogP contribution in [0.4, 0.5) is 0 Å². The van der Waals surface area contributed by atoms with Crippen molar-refractivity contribution in [3.63, 3.8) is 0 Å². The third kappa shape index (κ3) is 2.79. The lowest BCUT2D eigenvalue weighted by atomic mass is 10.0. The van der Waals surface area contributed by atoms with Gasteiger partial charge in [-0.2, -0.15) is 0 Å². The summed E-state index contributed by atoms with van der Waals surface area (Å²) >= 11 is 6.11. The molecule has 3 nitrogen and oxygen atoms in total. The van der Waals surface area contributed by atoms with Crippen LogP contribution < -0.4 is 5.32 Å². The Labute approximate surface area is 107 Å². The van der Waals surface area contributed by atoms with Crippen LogP contribution in [0.1, 0.15) is 12.5 Å². The standard InChI is InChI=1S/C13H17ClN2O/c1-2-16(13(17)11-7-15-8-11)9-10-5-3-4-6-12(10)14/h3-6,11,15H,2,7-9H2,1H3. The zero-order valence-corrected chi connectivity index (χ0v) is 10.7. The summed E-state index contributed by atoms with van der Waals surface area (Å²) in [4.78, 5) is 14.0. The minimum atomic E-state index is 0.150. The average Bonchev–Trinajstić information content (AvgIpc) is 2.25. The van der Waals surface area contributed by atoms with Gasteiger partial charge < -0.3 is 10.2 Å². The fourth-order valence-corrected chi connectivity index (χ4v) is 2.09. The van der Waals surface area contributed by atoms with Gasteiger partial charge in [0.1, 0.15) is 0 Å². The number of hydrogen-bond donors (Lipinski definition) is 1. The highest BCUT2D eigenvalue weighted by Crippen LogP contribution is 2.18. The van der Waals surface area contributed by atoms with Crippen LogP contribution in [0.2, 0.25) is 5.02 Å². The second-order valence-electron chi connectivity index (χ2n) is 4.30. The molecule has 17 heavy (non-hydrogen) atoms. The smallest absolute Gasteiger partial charge is 0.228 e. The Kier molecular flexibility index (Phi) is 4.02. The summed E-state index contributed by atoms with van der Waals surface area (Å²) in [5.74, 6) is 0.378. The largest absolute Gasteiger partial charge is 0.338 e. The molecule has 1 aliphatic heterocycles. The van der Waals surface area contributed by atoms with Gasteiger partial charge in [0.2, 0.25) is 5.91 Å². The van der Waals surface area contributed by atoms with Gasteiger partial charge in [0.25, 0.3) is 0 Å². The molecule has 1 fully saturated rings. The number of nitrogens with one attached hydrogen (secondary N) is 1. The molecule has 1 heterocycles. The van der Waals surface area contributed by atoms with Gasteiger partial charge in [0, 0.05) is 31.2 Å². The number of carbonyl (C=O) groups excluding carboxylic acids is 1. The van der Waals surface area contributed by atoms with E-state index in [1.54, 1.807) is 0 Å². The van der Waals surface area contributed by atoms with Crippen LogP contribution in [0.25, 0.3) is 0 Å². The lowest BCUT2D eigenvalue weighted by Gasteiger charge is -2.32. The van der Waals surface area contributed by atoms with Gasteiger partial charge in [-0.25, -0.2) is 0 Å². The van der Waals surface area contributed by atoms with Crippen molar-refractivity contribution < 1.29 is 4.79 Å². The minimum absolute atomic E-state index is 0.150. The molecule has 4 heteroatoms. The predicted molar refractivity (Wildman–Crippen MR) is 68.9 cm³/mol. The van der Waals surface area contributed by atoms with Crippen LogP contribution in [0.3, 0.4) is 0 Å². The summed E-state index contributed by atoms with van der Waals surface area (Å²) in [5.41, 5.74) is 1.01. The number of carbonyl (C=O) groups is 1. The summed E-state index contributed by atoms with van der Waals surface area (Å²) in [6.07, 6.45) is 0. The normalized spacial score (nSPS) is 15.4. The molecule has 0 saturated carbocycles. The number of hydrogen-bond acceptors (Lipinski definition) is 2. The molecule has 0 aliphatic carbocycles. The molecule has 92 valence electrons. The topological polar surface area (TPSA) is 32.3 Å². The van der Waals surface area contributed by atoms with E-state index < -0.39 is 0 Å². The number of amides is 1. The van der Waals surface area contributed by atoms with Crippen LogP contribution in [-0.4, -0.2) is 30.4 Å². The summed E-state index contributed by atoms with van der Waals surface area (Å²) in [5, 5.41) is 3.85. The molecule has 0 radical (unpaired) electrons. The van der Waals surface area contributed by atoms with Crippen molar-refractivity contribution in [2.24, 2.45) is 5.92 Å². The van der Waals surface area contributed by atoms with Crippen molar-refractivity contribution in [1.82, 2.24) is 10.2 Å². The molecular weight excluding hydrogens is 236 g/mol. The van der Waals surface area contributed by atoms with Gasteiger partial charge in [0.15, 0.2) is 0 Å². The third-order valence-electron chi connectivity index (χ3n) is 3.14. The Bertz CT molecular complexity index is 404. The minimum Gasteiger partial charge on any atom is -0.338 e. The summed E-state index contributed by atoms with van der Waals surface area (Å²) in [6.45, 7) is 4.93. The molecule has 1 N–H and O–H groups in total. The van der Waals surface area contributed by atoms with Crippen molar-refractivity contribution in [3.05, 3.63) is 34.9 Å². The molecule has 1 aliphatic rings. The second-order valence-corrected chi connectivity index (χ2v) is 4.71. The highest BCUT2D eigenvalue weighted by atomic mass is 35.5. The Morgan fingerprint density at radius 1 is 1.47 bits per heavy atom. The Hall–Kier alpha value is -1.06. The maximum absolute atomic E-state index is 12.1. The zero-order chi connectivity index (χ0) is 12.3. The fraction of sp³-hybridized carbons (Fsp3) is 0.462. The van der Waals surface area contributed by atoms with E-state index in [-0.39, 0.29) is 11.8 Å². The van der Waals surface area contributed by atoms with E-state index in [2.05, 4.69) is 5.32 Å². The molecule has 0 bridgehead atoms. The summed E-state index contributed by atoms with van der Waals surface area (Å²) in [6, 6.07) is 7.68. The molecule has 1 aromatic carbocycles. The Morgan fingerprint density at radius 2 is 2.18 bits per heavy atom. The summed E-state index contributed by atoms with van der Waals surface area (Å²) in [7, 11) is 0. The number of benzene rings is 1. The molecule has 1 aromatic rings. The molecule has 0 atom stereocenters. The second kappa shape index (κ2) is 5.52. The van der Waals surface area contributed by atoms with Crippen LogP contribution in [0, 0.1) is 5.92 Å². The van der Waals surface area contributed by atoms with Crippen molar-refractivity contribution in [1.29, 1.82) is 0 Å². The molecule has 1 saturated heterocycles. The molecule has 0 aromatic heterocycles. The highest BCUT2D eigenvalue weighted by molar-refractivity contribution is 6.31. The van der Waals surface area contributed by atoms with E-state index in [0.29, 0.717) is 6.54 Å². The summed E-state index contributed by atoms with van der Waals surface area (Å²) < 4.78 is 0. The van der Waals surface area contributed by atoms with Crippen molar-refractivity contribution in [3.8, 4) is 0 Å². The van der Waals surface area contributed by atoms with Gasteiger partial charge in [-0.3, -0.25) is 4.79 Å². The van der Waals surface area contributed by atoms with Gasteiger partial charge in [-0.05, 0) is 18.6 Å². The van der Waals surface area contributed by atoms with E-state index >= 15 is 0 Å². The third-order valence-corrected chi connectivity index (χ3v) is 3.51. The molecule has 0 unspecified atom stereocenters. The zero-order valence-electron chi connectivity index (χ0n) is 9.95. The predicted octanol–water partition coefficient (Wildman–Crippen LogP) is 1.91. The maximum atomic E-state index is 12.1. The van der Waals surface area contributed by atoms with Crippen molar-refractivity contribution in [2.75, 3.05) is 19.6 Å². The number of nitrogens with zero attached hydrogens (tertiary/aromatic N) is 1. The highest BCUT2D eigenvalue weighted by Gasteiger charge is 2.28. The lowest BCUT2D eigenvalue weighted by molar-refractivity contribution is -0.137. The molecule has 2 rings (SSSR count). The first-order valence-electron chi connectivity index (χ1n) is 5.95. The maximum Gasteiger partial charge on any atom is 0.228 e. The Balaban J connectivity index is 2.04. The fourth-order valence-electron chi connectivity index (χ4n) is 1.90. The van der Waals surface area contributed by atoms with E-state index in [1.807, 2.05) is 36.1 Å². The van der Waals surface area contributed by atoms with E-state index in [9.17, 15) is 4.79 Å². The van der Waals surface area contributed by atoms with Gasteiger partial charge >= 0.3 is 0 Å². The van der Waals surface area contributed by atoms with E-state index in [1.165, 1.54) is 0 Å². The van der Waals surface area contributed by atoms with Crippen LogP contribution in [-0.2, 0) is 11.3 Å². The van der Waals surface area contributed by atoms with Crippen molar-refractivity contribution in [2.45, 2.75) is 13.5 Å². The molecule has 0 spiro atoms. The average molecular weight is 253 g/mol. The van der Waals surface area contributed by atoms with Gasteiger partial charge in [-0.1, -0.05) is 29.8 Å². The van der Waals surface area contributed by atoms with Gasteiger partial charge in [0.05, 0.1) is 5.92 Å². The molecule has 1 amide bonds. The van der Waals surface area contributed by atoms with Gasteiger partial charge in [-0.15, -0.1) is 0 Å². The number of halogens is 1. The SMILES string of the molecule is CCN(Cc1ccccc1Cl)C(=O)C1CNC1. The van der Waals surface area contributed by atoms with Crippen molar-refractivity contribution >= 4 is 17.5 Å². The quantitative estimate of drug-likeness (QED) is 0.888. The van der Waals surface area contributed by atoms with Crippen LogP contribution in [0.15, 0.2) is 24.3 Å². The Morgan fingerprint density at radius 3 is 2.71 bits per heavy atom. The van der Waals surface area contributed by atoms with Crippen LogP contribution >= 0.6 is 11.6 Å². The van der Waals surface area contributed by atoms with E-state index in [0.717, 1.165) is 30.2 Å².